The summed E-state index contributed by atoms with van der Waals surface area (Å²) in [4.78, 5) is 4.84. The zero-order chi connectivity index (χ0) is 17.4. The predicted molar refractivity (Wildman–Crippen MR) is 96.8 cm³/mol. The van der Waals surface area contributed by atoms with Crippen LogP contribution in [0.1, 0.15) is 43.0 Å². The summed E-state index contributed by atoms with van der Waals surface area (Å²) >= 11 is 5.65. The minimum absolute atomic E-state index is 0.630. The average molecular weight is 363 g/mol. The van der Waals surface area contributed by atoms with Crippen LogP contribution in [-0.4, -0.2) is 55.5 Å². The summed E-state index contributed by atoms with van der Waals surface area (Å²) in [5.41, 5.74) is 0.945. The lowest BCUT2D eigenvalue weighted by Crippen LogP contribution is -2.46. The normalized spacial score (nSPS) is 19.6. The fraction of sp³-hybridized carbons (Fsp3) is 0.706. The molecule has 1 saturated carbocycles. The summed E-state index contributed by atoms with van der Waals surface area (Å²) in [6.45, 7) is 10.7. The van der Waals surface area contributed by atoms with Crippen LogP contribution in [0.15, 0.2) is 10.6 Å². The highest BCUT2D eigenvalue weighted by Crippen LogP contribution is 2.39. The van der Waals surface area contributed by atoms with Crippen molar-refractivity contribution >= 4 is 12.2 Å². The Balaban J connectivity index is 1.35. The quantitative estimate of drug-likeness (QED) is 0.736. The van der Waals surface area contributed by atoms with Gasteiger partial charge in [0.2, 0.25) is 0 Å². The second kappa shape index (κ2) is 7.01. The number of rotatable bonds is 6. The first-order chi connectivity index (χ1) is 12.1. The first-order valence-corrected chi connectivity index (χ1v) is 9.59. The van der Waals surface area contributed by atoms with E-state index >= 15 is 0 Å². The maximum absolute atomic E-state index is 5.65. The molecule has 25 heavy (non-hydrogen) atoms. The minimum Gasteiger partial charge on any atom is -0.360 e. The second-order valence-corrected chi connectivity index (χ2v) is 7.49. The standard InChI is InChI=1S/C17H26N6OS/c1-3-22-16(14-4-5-14)18-23(17(22)25)12-21-8-6-20(7-9-21)11-15-10-13(2)19-24-15/h10,14H,3-9,11-12H2,1-2H3. The van der Waals surface area contributed by atoms with Crippen molar-refractivity contribution in [1.82, 2.24) is 29.3 Å². The average Bonchev–Trinajstić information content (AvgIpc) is 3.30. The van der Waals surface area contributed by atoms with E-state index in [0.29, 0.717) is 5.92 Å². The largest absolute Gasteiger partial charge is 0.360 e. The van der Waals surface area contributed by atoms with E-state index in [2.05, 4.69) is 26.4 Å². The molecule has 2 aromatic heterocycles. The minimum atomic E-state index is 0.630. The Morgan fingerprint density at radius 2 is 1.92 bits per heavy atom. The summed E-state index contributed by atoms with van der Waals surface area (Å²) in [6, 6.07) is 2.02. The predicted octanol–water partition coefficient (Wildman–Crippen LogP) is 2.38. The number of aryl methyl sites for hydroxylation is 1. The van der Waals surface area contributed by atoms with Gasteiger partial charge in [-0.15, -0.1) is 0 Å². The Morgan fingerprint density at radius 1 is 1.20 bits per heavy atom. The van der Waals surface area contributed by atoms with E-state index in [4.69, 9.17) is 21.8 Å². The highest BCUT2D eigenvalue weighted by atomic mass is 32.1. The molecule has 0 amide bonds. The molecule has 0 atom stereocenters. The van der Waals surface area contributed by atoms with Gasteiger partial charge in [-0.2, -0.15) is 5.10 Å². The van der Waals surface area contributed by atoms with Crippen molar-refractivity contribution < 1.29 is 4.52 Å². The van der Waals surface area contributed by atoms with Gasteiger partial charge in [0.15, 0.2) is 10.5 Å². The summed E-state index contributed by atoms with van der Waals surface area (Å²) in [6.07, 6.45) is 2.51. The van der Waals surface area contributed by atoms with Gasteiger partial charge in [-0.3, -0.25) is 9.80 Å². The smallest absolute Gasteiger partial charge is 0.199 e. The van der Waals surface area contributed by atoms with Gasteiger partial charge in [-0.1, -0.05) is 5.16 Å². The topological polar surface area (TPSA) is 55.3 Å². The van der Waals surface area contributed by atoms with Crippen molar-refractivity contribution in [3.8, 4) is 0 Å². The molecular weight excluding hydrogens is 336 g/mol. The molecule has 4 rings (SSSR count). The molecule has 0 spiro atoms. The maximum atomic E-state index is 5.65. The van der Waals surface area contributed by atoms with Crippen molar-refractivity contribution in [2.75, 3.05) is 26.2 Å². The van der Waals surface area contributed by atoms with Crippen LogP contribution in [-0.2, 0) is 19.8 Å². The summed E-state index contributed by atoms with van der Waals surface area (Å²) < 4.78 is 10.4. The van der Waals surface area contributed by atoms with Crippen LogP contribution in [0.3, 0.4) is 0 Å². The van der Waals surface area contributed by atoms with Crippen molar-refractivity contribution in [3.05, 3.63) is 28.1 Å². The number of hydrogen-bond donors (Lipinski definition) is 0. The molecule has 1 aliphatic heterocycles. The lowest BCUT2D eigenvalue weighted by Gasteiger charge is -2.33. The van der Waals surface area contributed by atoms with Gasteiger partial charge in [-0.05, 0) is 38.9 Å². The van der Waals surface area contributed by atoms with Crippen LogP contribution in [0, 0.1) is 11.7 Å². The van der Waals surface area contributed by atoms with Gasteiger partial charge in [-0.25, -0.2) is 4.68 Å². The van der Waals surface area contributed by atoms with E-state index < -0.39 is 0 Å². The van der Waals surface area contributed by atoms with E-state index in [0.717, 1.165) is 62.2 Å². The Morgan fingerprint density at radius 3 is 2.52 bits per heavy atom. The molecule has 0 unspecified atom stereocenters. The van der Waals surface area contributed by atoms with Crippen LogP contribution in [0.4, 0.5) is 0 Å². The second-order valence-electron chi connectivity index (χ2n) is 7.13. The van der Waals surface area contributed by atoms with E-state index in [9.17, 15) is 0 Å². The summed E-state index contributed by atoms with van der Waals surface area (Å²) in [5.74, 6) is 2.76. The molecule has 8 heteroatoms. The monoisotopic (exact) mass is 362 g/mol. The molecule has 2 fully saturated rings. The Bertz CT molecular complexity index is 781. The lowest BCUT2D eigenvalue weighted by molar-refractivity contribution is 0.0918. The van der Waals surface area contributed by atoms with Crippen molar-refractivity contribution in [2.24, 2.45) is 0 Å². The molecule has 136 valence electrons. The van der Waals surface area contributed by atoms with Gasteiger partial charge < -0.3 is 9.09 Å². The molecule has 0 radical (unpaired) electrons. The summed E-state index contributed by atoms with van der Waals surface area (Å²) in [7, 11) is 0. The molecule has 0 aromatic carbocycles. The number of piperazine rings is 1. The van der Waals surface area contributed by atoms with Crippen molar-refractivity contribution in [1.29, 1.82) is 0 Å². The molecular formula is C17H26N6OS. The Labute approximate surface area is 153 Å². The molecule has 2 aliphatic rings. The third-order valence-corrected chi connectivity index (χ3v) is 5.50. The van der Waals surface area contributed by atoms with E-state index in [1.54, 1.807) is 0 Å². The number of nitrogens with zero attached hydrogens (tertiary/aromatic N) is 6. The van der Waals surface area contributed by atoms with Gasteiger partial charge in [0.25, 0.3) is 0 Å². The maximum Gasteiger partial charge on any atom is 0.199 e. The molecule has 0 N–H and O–H groups in total. The van der Waals surface area contributed by atoms with Gasteiger partial charge in [0, 0.05) is 44.7 Å². The zero-order valence-corrected chi connectivity index (χ0v) is 15.8. The molecule has 0 bridgehead atoms. The number of aromatic nitrogens is 4. The van der Waals surface area contributed by atoms with Crippen molar-refractivity contribution in [3.63, 3.8) is 0 Å². The number of hydrogen-bond acceptors (Lipinski definition) is 6. The highest BCUT2D eigenvalue weighted by molar-refractivity contribution is 7.71. The first kappa shape index (κ1) is 16.9. The molecule has 1 aliphatic carbocycles. The Hall–Kier alpha value is -1.51. The van der Waals surface area contributed by atoms with Gasteiger partial charge in [0.1, 0.15) is 5.82 Å². The fourth-order valence-electron chi connectivity index (χ4n) is 3.48. The molecule has 1 saturated heterocycles. The Kier molecular flexibility index (Phi) is 4.75. The SMILES string of the molecule is CCn1c(C2CC2)nn(CN2CCN(Cc3cc(C)no3)CC2)c1=S. The van der Waals surface area contributed by atoms with E-state index in [1.165, 1.54) is 18.7 Å². The van der Waals surface area contributed by atoms with E-state index in [-0.39, 0.29) is 0 Å². The summed E-state index contributed by atoms with van der Waals surface area (Å²) in [5, 5.41) is 8.79. The van der Waals surface area contributed by atoms with E-state index in [1.807, 2.05) is 17.7 Å². The van der Waals surface area contributed by atoms with Crippen LogP contribution < -0.4 is 0 Å². The third-order valence-electron chi connectivity index (χ3n) is 5.07. The third kappa shape index (κ3) is 3.70. The molecule has 3 heterocycles. The van der Waals surface area contributed by atoms with Crippen LogP contribution in [0.25, 0.3) is 0 Å². The fourth-order valence-corrected chi connectivity index (χ4v) is 3.80. The zero-order valence-electron chi connectivity index (χ0n) is 15.0. The van der Waals surface area contributed by atoms with Gasteiger partial charge in [0.05, 0.1) is 18.9 Å². The molecule has 2 aromatic rings. The molecule has 7 nitrogen and oxygen atoms in total. The first-order valence-electron chi connectivity index (χ1n) is 9.18. The van der Waals surface area contributed by atoms with Crippen LogP contribution in [0.2, 0.25) is 0 Å². The van der Waals surface area contributed by atoms with Gasteiger partial charge >= 0.3 is 0 Å². The van der Waals surface area contributed by atoms with Crippen LogP contribution >= 0.6 is 12.2 Å². The lowest BCUT2D eigenvalue weighted by atomic mass is 10.3. The highest BCUT2D eigenvalue weighted by Gasteiger charge is 2.30. The van der Waals surface area contributed by atoms with Crippen molar-refractivity contribution in [2.45, 2.75) is 52.4 Å². The van der Waals surface area contributed by atoms with Crippen LogP contribution in [0.5, 0.6) is 0 Å².